The fourth-order valence-corrected chi connectivity index (χ4v) is 3.82. The first kappa shape index (κ1) is 21.6. The molecule has 1 atom stereocenters. The van der Waals surface area contributed by atoms with Gasteiger partial charge in [-0.05, 0) is 35.9 Å². The summed E-state index contributed by atoms with van der Waals surface area (Å²) < 4.78 is 4.61. The molecule has 2 heterocycles. The zero-order valence-electron chi connectivity index (χ0n) is 16.8. The van der Waals surface area contributed by atoms with Crippen molar-refractivity contribution in [1.82, 2.24) is 15.6 Å². The summed E-state index contributed by atoms with van der Waals surface area (Å²) in [5.74, 6) is -0.777. The third-order valence-corrected chi connectivity index (χ3v) is 5.67. The molecule has 2 aromatic heterocycles. The van der Waals surface area contributed by atoms with Gasteiger partial charge in [-0.25, -0.2) is 0 Å². The minimum atomic E-state index is -0.709. The van der Waals surface area contributed by atoms with E-state index in [0.29, 0.717) is 37.1 Å². The molecule has 158 valence electrons. The van der Waals surface area contributed by atoms with Crippen molar-refractivity contribution >= 4 is 40.0 Å². The van der Waals surface area contributed by atoms with Gasteiger partial charge in [0.15, 0.2) is 0 Å². The molecular weight excluding hydrogens is 402 g/mol. The average Bonchev–Trinajstić information content (AvgIpc) is 3.43. The highest BCUT2D eigenvalue weighted by molar-refractivity contribution is 7.12. The normalized spacial score (nSPS) is 11.8. The van der Waals surface area contributed by atoms with Gasteiger partial charge in [-0.2, -0.15) is 0 Å². The van der Waals surface area contributed by atoms with Crippen molar-refractivity contribution in [3.8, 4) is 0 Å². The number of rotatable bonds is 10. The van der Waals surface area contributed by atoms with E-state index in [1.807, 2.05) is 35.8 Å². The Bertz CT molecular complexity index is 997. The molecule has 0 aliphatic carbocycles. The van der Waals surface area contributed by atoms with Crippen LogP contribution in [0.2, 0.25) is 0 Å². The first-order valence-electron chi connectivity index (χ1n) is 9.82. The minimum Gasteiger partial charge on any atom is -0.469 e. The second kappa shape index (κ2) is 10.6. The van der Waals surface area contributed by atoms with Crippen LogP contribution in [-0.4, -0.2) is 42.5 Å². The molecule has 0 bridgehead atoms. The smallest absolute Gasteiger partial charge is 0.305 e. The highest BCUT2D eigenvalue weighted by Gasteiger charge is 2.23. The number of carbonyl (C=O) groups is 3. The van der Waals surface area contributed by atoms with Crippen molar-refractivity contribution in [1.29, 1.82) is 0 Å². The molecule has 3 N–H and O–H groups in total. The van der Waals surface area contributed by atoms with E-state index >= 15 is 0 Å². The molecule has 7 nitrogen and oxygen atoms in total. The molecule has 0 fully saturated rings. The van der Waals surface area contributed by atoms with Gasteiger partial charge in [0.2, 0.25) is 5.91 Å². The minimum absolute atomic E-state index is 0.247. The summed E-state index contributed by atoms with van der Waals surface area (Å²) in [5, 5.41) is 8.59. The van der Waals surface area contributed by atoms with Crippen LogP contribution in [0, 0.1) is 0 Å². The van der Waals surface area contributed by atoms with Crippen LogP contribution in [0.4, 0.5) is 0 Å². The van der Waals surface area contributed by atoms with Crippen LogP contribution in [0.1, 0.15) is 34.5 Å². The SMILES string of the molecule is COC(=O)CCCCNC(=O)C(Cc1c[nH]c2ccccc12)NC(=O)c1cccs1. The zero-order chi connectivity index (χ0) is 21.3. The fourth-order valence-electron chi connectivity index (χ4n) is 3.20. The molecule has 1 unspecified atom stereocenters. The van der Waals surface area contributed by atoms with Crippen LogP contribution < -0.4 is 10.6 Å². The lowest BCUT2D eigenvalue weighted by Gasteiger charge is -2.18. The van der Waals surface area contributed by atoms with Crippen molar-refractivity contribution in [2.45, 2.75) is 31.7 Å². The predicted octanol–water partition coefficient (Wildman–Crippen LogP) is 3.03. The number of H-pyrrole nitrogens is 1. The lowest BCUT2D eigenvalue weighted by Crippen LogP contribution is -2.48. The number of methoxy groups -OCH3 is 1. The summed E-state index contributed by atoms with van der Waals surface area (Å²) >= 11 is 1.33. The lowest BCUT2D eigenvalue weighted by molar-refractivity contribution is -0.140. The van der Waals surface area contributed by atoms with Crippen LogP contribution in [-0.2, 0) is 20.7 Å². The molecule has 0 saturated heterocycles. The second-order valence-electron chi connectivity index (χ2n) is 6.89. The Kier molecular flexibility index (Phi) is 7.62. The first-order chi connectivity index (χ1) is 14.6. The number of aromatic nitrogens is 1. The van der Waals surface area contributed by atoms with Crippen LogP contribution in [0.15, 0.2) is 48.0 Å². The number of aromatic amines is 1. The Morgan fingerprint density at radius 2 is 1.97 bits per heavy atom. The molecule has 3 rings (SSSR count). The molecule has 0 radical (unpaired) electrons. The Balaban J connectivity index is 1.65. The van der Waals surface area contributed by atoms with Gasteiger partial charge in [0.25, 0.3) is 5.91 Å². The van der Waals surface area contributed by atoms with Crippen molar-refractivity contribution in [2.75, 3.05) is 13.7 Å². The monoisotopic (exact) mass is 427 g/mol. The van der Waals surface area contributed by atoms with E-state index in [1.165, 1.54) is 18.4 Å². The number of esters is 1. The molecule has 2 amide bonds. The number of benzene rings is 1. The van der Waals surface area contributed by atoms with Gasteiger partial charge in [-0.3, -0.25) is 14.4 Å². The van der Waals surface area contributed by atoms with Crippen molar-refractivity contribution in [3.05, 3.63) is 58.4 Å². The van der Waals surface area contributed by atoms with Crippen molar-refractivity contribution < 1.29 is 19.1 Å². The summed E-state index contributed by atoms with van der Waals surface area (Å²) in [6.07, 6.45) is 3.84. The van der Waals surface area contributed by atoms with Gasteiger partial charge in [-0.15, -0.1) is 11.3 Å². The Morgan fingerprint density at radius 1 is 1.13 bits per heavy atom. The number of nitrogens with one attached hydrogen (secondary N) is 3. The number of hydrogen-bond donors (Lipinski definition) is 3. The molecule has 0 spiro atoms. The maximum absolute atomic E-state index is 12.8. The van der Waals surface area contributed by atoms with Gasteiger partial charge < -0.3 is 20.4 Å². The van der Waals surface area contributed by atoms with E-state index in [0.717, 1.165) is 16.5 Å². The highest BCUT2D eigenvalue weighted by atomic mass is 32.1. The molecule has 30 heavy (non-hydrogen) atoms. The number of ether oxygens (including phenoxy) is 1. The van der Waals surface area contributed by atoms with Crippen LogP contribution >= 0.6 is 11.3 Å². The average molecular weight is 428 g/mol. The molecule has 3 aromatic rings. The maximum Gasteiger partial charge on any atom is 0.305 e. The molecular formula is C22H25N3O4S. The van der Waals surface area contributed by atoms with E-state index in [1.54, 1.807) is 12.1 Å². The second-order valence-corrected chi connectivity index (χ2v) is 7.84. The molecule has 0 saturated carbocycles. The van der Waals surface area contributed by atoms with Gasteiger partial charge in [0.05, 0.1) is 12.0 Å². The summed E-state index contributed by atoms with van der Waals surface area (Å²) in [4.78, 5) is 40.3. The summed E-state index contributed by atoms with van der Waals surface area (Å²) in [7, 11) is 1.36. The van der Waals surface area contributed by atoms with E-state index in [2.05, 4.69) is 20.4 Å². The summed E-state index contributed by atoms with van der Waals surface area (Å²) in [6.45, 7) is 0.426. The molecule has 8 heteroatoms. The van der Waals surface area contributed by atoms with Gasteiger partial charge in [0, 0.05) is 36.5 Å². The Labute approximate surface area is 178 Å². The molecule has 0 aliphatic heterocycles. The quantitative estimate of drug-likeness (QED) is 0.342. The van der Waals surface area contributed by atoms with Crippen LogP contribution in [0.3, 0.4) is 0 Å². The Morgan fingerprint density at radius 3 is 2.73 bits per heavy atom. The van der Waals surface area contributed by atoms with Gasteiger partial charge >= 0.3 is 5.97 Å². The molecule has 0 aliphatic rings. The number of thiophene rings is 1. The number of carbonyl (C=O) groups excluding carboxylic acids is 3. The van der Waals surface area contributed by atoms with Crippen molar-refractivity contribution in [2.24, 2.45) is 0 Å². The predicted molar refractivity (Wildman–Crippen MR) is 116 cm³/mol. The first-order valence-corrected chi connectivity index (χ1v) is 10.7. The topological polar surface area (TPSA) is 100 Å². The third-order valence-electron chi connectivity index (χ3n) is 4.80. The number of hydrogen-bond acceptors (Lipinski definition) is 5. The summed E-state index contributed by atoms with van der Waals surface area (Å²) in [6, 6.07) is 10.7. The maximum atomic E-state index is 12.8. The standard InChI is InChI=1S/C22H25N3O4S/c1-29-20(26)10-4-5-11-23-21(27)18(25-22(28)19-9-6-12-30-19)13-15-14-24-17-8-3-2-7-16(15)17/h2-3,6-9,12,14,18,24H,4-5,10-11,13H2,1H3,(H,23,27)(H,25,28). The number of para-hydroxylation sites is 1. The van der Waals surface area contributed by atoms with Crippen LogP contribution in [0.5, 0.6) is 0 Å². The third kappa shape index (κ3) is 5.70. The van der Waals surface area contributed by atoms with Gasteiger partial charge in [-0.1, -0.05) is 24.3 Å². The zero-order valence-corrected chi connectivity index (χ0v) is 17.6. The van der Waals surface area contributed by atoms with E-state index in [-0.39, 0.29) is 17.8 Å². The Hall–Kier alpha value is -3.13. The highest BCUT2D eigenvalue weighted by Crippen LogP contribution is 2.19. The van der Waals surface area contributed by atoms with Gasteiger partial charge in [0.1, 0.15) is 6.04 Å². The lowest BCUT2D eigenvalue weighted by atomic mass is 10.0. The largest absolute Gasteiger partial charge is 0.469 e. The van der Waals surface area contributed by atoms with E-state index < -0.39 is 6.04 Å². The van der Waals surface area contributed by atoms with Crippen LogP contribution in [0.25, 0.3) is 10.9 Å². The van der Waals surface area contributed by atoms with Crippen molar-refractivity contribution in [3.63, 3.8) is 0 Å². The van der Waals surface area contributed by atoms with E-state index in [4.69, 9.17) is 0 Å². The number of unbranched alkanes of at least 4 members (excludes halogenated alkanes) is 1. The molecule has 1 aromatic carbocycles. The summed E-state index contributed by atoms with van der Waals surface area (Å²) in [5.41, 5.74) is 1.95. The number of fused-ring (bicyclic) bond motifs is 1. The number of amides is 2. The van der Waals surface area contributed by atoms with E-state index in [9.17, 15) is 14.4 Å². The fraction of sp³-hybridized carbons (Fsp3) is 0.318.